The number of aromatic carboxylic acids is 2. The third-order valence-corrected chi connectivity index (χ3v) is 4.81. The van der Waals surface area contributed by atoms with Crippen molar-refractivity contribution < 1.29 is 32.8 Å². The van der Waals surface area contributed by atoms with Gasteiger partial charge in [-0.15, -0.1) is 0 Å². The van der Waals surface area contributed by atoms with Crippen molar-refractivity contribution in [2.45, 2.75) is 4.90 Å². The third kappa shape index (κ3) is 2.94. The van der Waals surface area contributed by atoms with E-state index in [4.69, 9.17) is 10.2 Å². The van der Waals surface area contributed by atoms with Gasteiger partial charge in [-0.2, -0.15) is 0 Å². The summed E-state index contributed by atoms with van der Waals surface area (Å²) in [5.41, 5.74) is -0.581. The molecule has 7 nitrogen and oxygen atoms in total. The number of fused-ring (bicyclic) bond motifs is 1. The first-order valence-electron chi connectivity index (χ1n) is 5.64. The maximum absolute atomic E-state index is 11.5. The van der Waals surface area contributed by atoms with Crippen LogP contribution >= 0.6 is 0 Å². The predicted octanol–water partition coefficient (Wildman–Crippen LogP) is 0.277. The molecular weight excluding hydrogens is 311 g/mol. The van der Waals surface area contributed by atoms with Crippen LogP contribution < -0.4 is 2.81 Å². The molecule has 0 fully saturated rings. The summed E-state index contributed by atoms with van der Waals surface area (Å²) in [4.78, 5) is 21.4. The molecule has 9 heteroatoms. The Morgan fingerprint density at radius 1 is 1.00 bits per heavy atom. The molecule has 0 aromatic heterocycles. The van der Waals surface area contributed by atoms with E-state index in [-0.39, 0.29) is 10.9 Å². The first-order chi connectivity index (χ1) is 9.62. The van der Waals surface area contributed by atoms with Crippen LogP contribution in [0.15, 0.2) is 29.2 Å². The Bertz CT molecular complexity index is 886. The van der Waals surface area contributed by atoms with Gasteiger partial charge in [0.05, 0.1) is 0 Å². The minimum absolute atomic E-state index is 0.00704. The SMILES string of the molecule is O=C(O)c1ccc2c(S(=O)(=O)O)c(C(=O)O)c[c]([Na])c2c1. The van der Waals surface area contributed by atoms with E-state index in [9.17, 15) is 22.6 Å². The molecule has 0 atom stereocenters. The molecule has 2 rings (SSSR count). The van der Waals surface area contributed by atoms with Gasteiger partial charge in [-0.1, -0.05) is 0 Å². The van der Waals surface area contributed by atoms with Crippen molar-refractivity contribution in [1.82, 2.24) is 0 Å². The van der Waals surface area contributed by atoms with Gasteiger partial charge in [-0.05, 0) is 0 Å². The van der Waals surface area contributed by atoms with Gasteiger partial charge in [0.15, 0.2) is 0 Å². The van der Waals surface area contributed by atoms with Crippen LogP contribution in [0.2, 0.25) is 0 Å². The summed E-state index contributed by atoms with van der Waals surface area (Å²) in [6.07, 6.45) is 0. The zero-order valence-electron chi connectivity index (χ0n) is 10.7. The van der Waals surface area contributed by atoms with Gasteiger partial charge in [-0.3, -0.25) is 0 Å². The zero-order chi connectivity index (χ0) is 15.9. The van der Waals surface area contributed by atoms with Gasteiger partial charge >= 0.3 is 137 Å². The van der Waals surface area contributed by atoms with Crippen LogP contribution in [-0.2, 0) is 10.1 Å². The fourth-order valence-corrected chi connectivity index (χ4v) is 3.73. The summed E-state index contributed by atoms with van der Waals surface area (Å²) in [5.74, 6) is -2.67. The second kappa shape index (κ2) is 5.39. The molecule has 0 spiro atoms. The number of hydrogen-bond acceptors (Lipinski definition) is 4. The molecule has 0 amide bonds. The summed E-state index contributed by atoms with van der Waals surface area (Å²) in [5, 5.41) is 18.4. The predicted molar refractivity (Wildman–Crippen MR) is 73.1 cm³/mol. The van der Waals surface area contributed by atoms with Gasteiger partial charge in [0, 0.05) is 0 Å². The standard InChI is InChI=1S/C12H7O7S.Na/c13-11(14)7-2-3-8-6(5-7)1-4-9(12(15)16)10(8)20(17,18)19;/h2-5H,(H,13,14)(H,15,16)(H,17,18,19);. The van der Waals surface area contributed by atoms with Crippen LogP contribution in [0, 0.1) is 0 Å². The van der Waals surface area contributed by atoms with E-state index in [0.717, 1.165) is 12.1 Å². The molecule has 2 aromatic rings. The Balaban J connectivity index is 3.03. The second-order valence-electron chi connectivity index (χ2n) is 4.42. The van der Waals surface area contributed by atoms with Crippen molar-refractivity contribution in [2.24, 2.45) is 0 Å². The quantitative estimate of drug-likeness (QED) is 0.547. The fourth-order valence-electron chi connectivity index (χ4n) is 2.14. The summed E-state index contributed by atoms with van der Waals surface area (Å²) in [6.45, 7) is 0. The number of hydrogen-bond donors (Lipinski definition) is 3. The van der Waals surface area contributed by atoms with E-state index in [1.54, 1.807) is 0 Å². The topological polar surface area (TPSA) is 129 Å². The van der Waals surface area contributed by atoms with Crippen LogP contribution in [0.1, 0.15) is 20.7 Å². The van der Waals surface area contributed by atoms with Crippen LogP contribution in [-0.4, -0.2) is 63.1 Å². The molecule has 0 aliphatic rings. The zero-order valence-corrected chi connectivity index (χ0v) is 13.5. The summed E-state index contributed by atoms with van der Waals surface area (Å²) < 4.78 is 32.8. The Labute approximate surface area is 136 Å². The average molecular weight is 318 g/mol. The van der Waals surface area contributed by atoms with E-state index < -0.39 is 32.5 Å². The molecule has 0 aliphatic carbocycles. The van der Waals surface area contributed by atoms with Crippen molar-refractivity contribution in [1.29, 1.82) is 0 Å². The van der Waals surface area contributed by atoms with Crippen LogP contribution in [0.5, 0.6) is 0 Å². The van der Waals surface area contributed by atoms with E-state index in [1.165, 1.54) is 12.1 Å². The normalized spacial score (nSPS) is 11.6. The Kier molecular flexibility index (Phi) is 4.09. The average Bonchev–Trinajstić information content (AvgIpc) is 2.36. The molecule has 0 saturated carbocycles. The molecule has 0 unspecified atom stereocenters. The molecule has 0 heterocycles. The number of carboxylic acids is 2. The first kappa shape index (κ1) is 15.9. The summed E-state index contributed by atoms with van der Waals surface area (Å²) in [6, 6.07) is 4.76. The van der Waals surface area contributed by atoms with Crippen LogP contribution in [0.25, 0.3) is 10.8 Å². The van der Waals surface area contributed by atoms with Crippen molar-refractivity contribution in [3.05, 3.63) is 35.4 Å². The molecule has 0 radical (unpaired) electrons. The van der Waals surface area contributed by atoms with E-state index >= 15 is 0 Å². The van der Waals surface area contributed by atoms with Crippen molar-refractivity contribution >= 4 is 63.6 Å². The molecule has 0 saturated heterocycles. The third-order valence-electron chi connectivity index (χ3n) is 3.03. The summed E-state index contributed by atoms with van der Waals surface area (Å²) in [7, 11) is -4.77. The second-order valence-corrected chi connectivity index (χ2v) is 6.85. The summed E-state index contributed by atoms with van der Waals surface area (Å²) >= 11 is 0.377. The first-order valence-corrected chi connectivity index (χ1v) is 8.08. The molecule has 0 aliphatic heterocycles. The Morgan fingerprint density at radius 3 is 2.10 bits per heavy atom. The number of carboxylic acid groups (broad SMARTS) is 2. The number of rotatable bonds is 3. The Morgan fingerprint density at radius 2 is 1.62 bits per heavy atom. The number of benzene rings is 2. The van der Waals surface area contributed by atoms with Crippen molar-refractivity contribution in [3.8, 4) is 0 Å². The molecule has 2 aromatic carbocycles. The molecule has 0 bridgehead atoms. The molecule has 21 heavy (non-hydrogen) atoms. The van der Waals surface area contributed by atoms with Gasteiger partial charge < -0.3 is 0 Å². The minimum atomic E-state index is -4.77. The van der Waals surface area contributed by atoms with Gasteiger partial charge in [0.1, 0.15) is 0 Å². The van der Waals surface area contributed by atoms with Crippen LogP contribution in [0.3, 0.4) is 0 Å². The van der Waals surface area contributed by atoms with Gasteiger partial charge in [0.2, 0.25) is 0 Å². The van der Waals surface area contributed by atoms with E-state index in [2.05, 4.69) is 0 Å². The number of carbonyl (C=O) groups is 2. The molecular formula is C12H7NaO7S. The van der Waals surface area contributed by atoms with E-state index in [1.807, 2.05) is 0 Å². The van der Waals surface area contributed by atoms with Gasteiger partial charge in [-0.25, -0.2) is 0 Å². The van der Waals surface area contributed by atoms with E-state index in [0.29, 0.717) is 36.1 Å². The Hall–Kier alpha value is -1.45. The molecule has 104 valence electrons. The van der Waals surface area contributed by atoms with Crippen LogP contribution in [0.4, 0.5) is 0 Å². The van der Waals surface area contributed by atoms with Gasteiger partial charge in [0.25, 0.3) is 0 Å². The van der Waals surface area contributed by atoms with Crippen molar-refractivity contribution in [2.75, 3.05) is 0 Å². The van der Waals surface area contributed by atoms with Crippen molar-refractivity contribution in [3.63, 3.8) is 0 Å². The fraction of sp³-hybridized carbons (Fsp3) is 0. The molecule has 3 N–H and O–H groups in total. The maximum atomic E-state index is 11.5. The monoisotopic (exact) mass is 318 g/mol.